The molecule has 0 bridgehead atoms. The van der Waals surface area contributed by atoms with Gasteiger partial charge in [-0.05, 0) is 41.5 Å². The van der Waals surface area contributed by atoms with Crippen LogP contribution in [0.5, 0.6) is 5.75 Å². The molecule has 0 atom stereocenters. The molecule has 0 fully saturated rings. The summed E-state index contributed by atoms with van der Waals surface area (Å²) in [6, 6.07) is 28.8. The number of rotatable bonds is 7. The molecule has 0 saturated carbocycles. The van der Waals surface area contributed by atoms with E-state index in [-0.39, 0.29) is 5.69 Å². The highest BCUT2D eigenvalue weighted by molar-refractivity contribution is 5.87. The highest BCUT2D eigenvalue weighted by atomic mass is 16.5. The Morgan fingerprint density at radius 1 is 0.862 bits per heavy atom. The zero-order valence-electron chi connectivity index (χ0n) is 15.7. The van der Waals surface area contributed by atoms with Crippen molar-refractivity contribution in [2.45, 2.75) is 13.2 Å². The lowest BCUT2D eigenvalue weighted by Gasteiger charge is -2.07. The van der Waals surface area contributed by atoms with Crippen LogP contribution in [-0.4, -0.2) is 20.9 Å². The van der Waals surface area contributed by atoms with Gasteiger partial charge in [0.2, 0.25) is 0 Å². The van der Waals surface area contributed by atoms with Gasteiger partial charge in [0.15, 0.2) is 0 Å². The SMILES string of the molecule is O=C(O)c1cc(-c2ccc(OCc3ccccc3)cc2)nn1Cc1ccccc1. The molecule has 4 rings (SSSR count). The Hall–Kier alpha value is -3.86. The quantitative estimate of drug-likeness (QED) is 0.493. The standard InChI is InChI=1S/C24H20N2O3/c27-24(28)23-15-22(25-26(23)16-18-7-3-1-4-8-18)20-11-13-21(14-12-20)29-17-19-9-5-2-6-10-19/h1-15H,16-17H2,(H,27,28). The molecule has 0 aliphatic rings. The lowest BCUT2D eigenvalue weighted by molar-refractivity contribution is 0.0684. The van der Waals surface area contributed by atoms with Crippen molar-refractivity contribution in [3.8, 4) is 17.0 Å². The fourth-order valence-corrected chi connectivity index (χ4v) is 3.07. The van der Waals surface area contributed by atoms with Gasteiger partial charge in [0, 0.05) is 5.56 Å². The molecule has 1 N–H and O–H groups in total. The molecule has 0 aliphatic carbocycles. The summed E-state index contributed by atoms with van der Waals surface area (Å²) in [5.41, 5.74) is 3.71. The number of carbonyl (C=O) groups is 1. The van der Waals surface area contributed by atoms with E-state index in [4.69, 9.17) is 4.74 Å². The first-order chi connectivity index (χ1) is 14.2. The van der Waals surface area contributed by atoms with E-state index in [0.717, 1.165) is 22.4 Å². The van der Waals surface area contributed by atoms with Crippen molar-refractivity contribution in [1.29, 1.82) is 0 Å². The topological polar surface area (TPSA) is 64.3 Å². The smallest absolute Gasteiger partial charge is 0.354 e. The molecule has 5 nitrogen and oxygen atoms in total. The predicted octanol–water partition coefficient (Wildman–Crippen LogP) is 4.88. The summed E-state index contributed by atoms with van der Waals surface area (Å²) in [6.45, 7) is 0.899. The molecular weight excluding hydrogens is 364 g/mol. The van der Waals surface area contributed by atoms with E-state index >= 15 is 0 Å². The molecule has 4 aromatic rings. The van der Waals surface area contributed by atoms with Gasteiger partial charge in [-0.15, -0.1) is 0 Å². The molecule has 5 heteroatoms. The second-order valence-corrected chi connectivity index (χ2v) is 6.66. The van der Waals surface area contributed by atoms with E-state index in [0.29, 0.717) is 18.8 Å². The maximum Gasteiger partial charge on any atom is 0.354 e. The van der Waals surface area contributed by atoms with Crippen LogP contribution in [0.2, 0.25) is 0 Å². The second-order valence-electron chi connectivity index (χ2n) is 6.66. The van der Waals surface area contributed by atoms with E-state index in [2.05, 4.69) is 5.10 Å². The van der Waals surface area contributed by atoms with Gasteiger partial charge in [-0.25, -0.2) is 4.79 Å². The van der Waals surface area contributed by atoms with E-state index in [1.54, 1.807) is 6.07 Å². The van der Waals surface area contributed by atoms with Crippen molar-refractivity contribution in [3.05, 3.63) is 108 Å². The minimum absolute atomic E-state index is 0.160. The average molecular weight is 384 g/mol. The van der Waals surface area contributed by atoms with Crippen LogP contribution in [0.25, 0.3) is 11.3 Å². The predicted molar refractivity (Wildman–Crippen MR) is 111 cm³/mol. The highest BCUT2D eigenvalue weighted by Crippen LogP contribution is 2.23. The number of hydrogen-bond acceptors (Lipinski definition) is 3. The molecule has 1 heterocycles. The molecule has 3 aromatic carbocycles. The van der Waals surface area contributed by atoms with Crippen molar-refractivity contribution in [1.82, 2.24) is 9.78 Å². The Morgan fingerprint density at radius 3 is 2.10 bits per heavy atom. The third-order valence-corrected chi connectivity index (χ3v) is 4.57. The molecule has 0 aliphatic heterocycles. The summed E-state index contributed by atoms with van der Waals surface area (Å²) in [4.78, 5) is 11.6. The number of ether oxygens (including phenoxy) is 1. The van der Waals surface area contributed by atoms with Crippen LogP contribution >= 0.6 is 0 Å². The normalized spacial score (nSPS) is 10.6. The van der Waals surface area contributed by atoms with E-state index in [1.807, 2.05) is 84.9 Å². The van der Waals surface area contributed by atoms with Crippen molar-refractivity contribution in [2.75, 3.05) is 0 Å². The second kappa shape index (κ2) is 8.44. The van der Waals surface area contributed by atoms with Gasteiger partial charge in [-0.1, -0.05) is 60.7 Å². The third-order valence-electron chi connectivity index (χ3n) is 4.57. The van der Waals surface area contributed by atoms with Gasteiger partial charge in [0.1, 0.15) is 18.1 Å². The van der Waals surface area contributed by atoms with E-state index in [9.17, 15) is 9.90 Å². The van der Waals surface area contributed by atoms with E-state index < -0.39 is 5.97 Å². The number of carboxylic acid groups (broad SMARTS) is 1. The first-order valence-electron chi connectivity index (χ1n) is 9.31. The average Bonchev–Trinajstić information content (AvgIpc) is 3.18. The third kappa shape index (κ3) is 4.52. The first-order valence-corrected chi connectivity index (χ1v) is 9.31. The minimum Gasteiger partial charge on any atom is -0.489 e. The summed E-state index contributed by atoms with van der Waals surface area (Å²) in [7, 11) is 0. The van der Waals surface area contributed by atoms with Gasteiger partial charge in [0.25, 0.3) is 0 Å². The van der Waals surface area contributed by atoms with Crippen LogP contribution in [-0.2, 0) is 13.2 Å². The number of nitrogens with zero attached hydrogens (tertiary/aromatic N) is 2. The van der Waals surface area contributed by atoms with Gasteiger partial charge in [-0.2, -0.15) is 5.10 Å². The molecule has 144 valence electrons. The van der Waals surface area contributed by atoms with Crippen molar-refractivity contribution in [3.63, 3.8) is 0 Å². The molecule has 0 spiro atoms. The molecule has 0 saturated heterocycles. The largest absolute Gasteiger partial charge is 0.489 e. The number of aromatic carboxylic acids is 1. The Balaban J connectivity index is 1.52. The summed E-state index contributed by atoms with van der Waals surface area (Å²) in [5, 5.41) is 14.1. The maximum absolute atomic E-state index is 11.6. The minimum atomic E-state index is -0.998. The van der Waals surface area contributed by atoms with Gasteiger partial charge >= 0.3 is 5.97 Å². The molecule has 0 radical (unpaired) electrons. The van der Waals surface area contributed by atoms with Crippen LogP contribution in [0.1, 0.15) is 21.6 Å². The number of aromatic nitrogens is 2. The Bertz CT molecular complexity index is 1090. The summed E-state index contributed by atoms with van der Waals surface area (Å²) < 4.78 is 7.33. The monoisotopic (exact) mass is 384 g/mol. The molecule has 0 amide bonds. The Labute approximate surface area is 168 Å². The molecule has 1 aromatic heterocycles. The van der Waals surface area contributed by atoms with Gasteiger partial charge in [-0.3, -0.25) is 4.68 Å². The van der Waals surface area contributed by atoms with Crippen LogP contribution in [0.4, 0.5) is 0 Å². The first kappa shape index (κ1) is 18.5. The zero-order chi connectivity index (χ0) is 20.1. The fraction of sp³-hybridized carbons (Fsp3) is 0.0833. The maximum atomic E-state index is 11.6. The molecular formula is C24H20N2O3. The van der Waals surface area contributed by atoms with Crippen LogP contribution in [0.3, 0.4) is 0 Å². The summed E-state index contributed by atoms with van der Waals surface area (Å²) in [5.74, 6) is -0.248. The molecule has 0 unspecified atom stereocenters. The number of hydrogen-bond donors (Lipinski definition) is 1. The fourth-order valence-electron chi connectivity index (χ4n) is 3.07. The lowest BCUT2D eigenvalue weighted by atomic mass is 10.1. The van der Waals surface area contributed by atoms with Gasteiger partial charge in [0.05, 0.1) is 12.2 Å². The Kier molecular flexibility index (Phi) is 5.38. The van der Waals surface area contributed by atoms with Gasteiger partial charge < -0.3 is 9.84 Å². The number of benzene rings is 3. The van der Waals surface area contributed by atoms with E-state index in [1.165, 1.54) is 4.68 Å². The molecule has 29 heavy (non-hydrogen) atoms. The lowest BCUT2D eigenvalue weighted by Crippen LogP contribution is -2.10. The van der Waals surface area contributed by atoms with Crippen molar-refractivity contribution in [2.24, 2.45) is 0 Å². The van der Waals surface area contributed by atoms with Crippen LogP contribution in [0.15, 0.2) is 91.0 Å². The van der Waals surface area contributed by atoms with Crippen LogP contribution < -0.4 is 4.74 Å². The van der Waals surface area contributed by atoms with Crippen molar-refractivity contribution >= 4 is 5.97 Å². The summed E-state index contributed by atoms with van der Waals surface area (Å²) in [6.07, 6.45) is 0. The Morgan fingerprint density at radius 2 is 1.48 bits per heavy atom. The van der Waals surface area contributed by atoms with Crippen LogP contribution in [0, 0.1) is 0 Å². The zero-order valence-corrected chi connectivity index (χ0v) is 15.7. The number of carboxylic acids is 1. The summed E-state index contributed by atoms with van der Waals surface area (Å²) >= 11 is 0. The highest BCUT2D eigenvalue weighted by Gasteiger charge is 2.15. The van der Waals surface area contributed by atoms with Crippen molar-refractivity contribution < 1.29 is 14.6 Å².